The Hall–Kier alpha value is -2.52. The third-order valence-corrected chi connectivity index (χ3v) is 4.47. The van der Waals surface area contributed by atoms with Crippen LogP contribution in [0, 0.1) is 5.41 Å². The highest BCUT2D eigenvalue weighted by Gasteiger charge is 2.15. The van der Waals surface area contributed by atoms with Gasteiger partial charge in [-0.25, -0.2) is 0 Å². The Morgan fingerprint density at radius 2 is 1.56 bits per heavy atom. The largest absolute Gasteiger partial charge is 0.316 e. The lowest BCUT2D eigenvalue weighted by Crippen LogP contribution is -2.39. The Balaban J connectivity index is 0.00000225. The van der Waals surface area contributed by atoms with Crippen LogP contribution < -0.4 is 9.80 Å². The second-order valence-corrected chi connectivity index (χ2v) is 5.96. The van der Waals surface area contributed by atoms with Gasteiger partial charge in [-0.2, -0.15) is 0 Å². The first-order valence-corrected chi connectivity index (χ1v) is 8.24. The molecule has 3 aromatic rings. The fourth-order valence-corrected chi connectivity index (χ4v) is 2.95. The second-order valence-electron chi connectivity index (χ2n) is 5.96. The van der Waals surface area contributed by atoms with E-state index in [0.29, 0.717) is 5.96 Å². The average molecular weight is 354 g/mol. The summed E-state index contributed by atoms with van der Waals surface area (Å²) >= 11 is 0. The topological polar surface area (TPSA) is 30.3 Å². The quantitative estimate of drug-likeness (QED) is 0.509. The van der Waals surface area contributed by atoms with Gasteiger partial charge in [0.05, 0.1) is 5.69 Å². The molecule has 3 rings (SSSR count). The maximum absolute atomic E-state index is 8.63. The summed E-state index contributed by atoms with van der Waals surface area (Å²) in [4.78, 5) is 3.85. The molecule has 0 atom stereocenters. The second kappa shape index (κ2) is 8.04. The van der Waals surface area contributed by atoms with Crippen molar-refractivity contribution in [2.75, 3.05) is 23.9 Å². The van der Waals surface area contributed by atoms with Crippen LogP contribution in [0.1, 0.15) is 12.5 Å². The van der Waals surface area contributed by atoms with Gasteiger partial charge in [-0.05, 0) is 35.6 Å². The Labute approximate surface area is 155 Å². The van der Waals surface area contributed by atoms with Gasteiger partial charge in [0.2, 0.25) is 5.96 Å². The maximum atomic E-state index is 8.63. The molecule has 130 valence electrons. The number of benzene rings is 3. The summed E-state index contributed by atoms with van der Waals surface area (Å²) < 4.78 is 0. The van der Waals surface area contributed by atoms with Crippen molar-refractivity contribution in [3.8, 4) is 0 Å². The molecule has 0 unspecified atom stereocenters. The Morgan fingerprint density at radius 1 is 0.880 bits per heavy atom. The van der Waals surface area contributed by atoms with Crippen molar-refractivity contribution in [3.63, 3.8) is 0 Å². The fraction of sp³-hybridized carbons (Fsp3) is 0.190. The van der Waals surface area contributed by atoms with E-state index in [4.69, 9.17) is 5.41 Å². The number of rotatable bonds is 3. The summed E-state index contributed by atoms with van der Waals surface area (Å²) in [7, 11) is 3.89. The van der Waals surface area contributed by atoms with E-state index in [9.17, 15) is 0 Å². The number of halogens is 1. The molecule has 0 fully saturated rings. The molecule has 0 heterocycles. The van der Waals surface area contributed by atoms with Gasteiger partial charge in [0.1, 0.15) is 0 Å². The maximum Gasteiger partial charge on any atom is 0.202 e. The monoisotopic (exact) mass is 353 g/mol. The summed E-state index contributed by atoms with van der Waals surface area (Å²) in [6.45, 7) is 2.15. The van der Waals surface area contributed by atoms with Crippen LogP contribution in [0.3, 0.4) is 0 Å². The molecule has 4 heteroatoms. The van der Waals surface area contributed by atoms with Gasteiger partial charge in [-0.1, -0.05) is 55.5 Å². The molecule has 0 aromatic heterocycles. The predicted molar refractivity (Wildman–Crippen MR) is 112 cm³/mol. The predicted octanol–water partition coefficient (Wildman–Crippen LogP) is 5.33. The molecule has 0 amide bonds. The Bertz CT molecular complexity index is 870. The van der Waals surface area contributed by atoms with Crippen molar-refractivity contribution in [2.24, 2.45) is 0 Å². The van der Waals surface area contributed by atoms with E-state index in [1.807, 2.05) is 48.2 Å². The summed E-state index contributed by atoms with van der Waals surface area (Å²) in [5.41, 5.74) is 3.35. The van der Waals surface area contributed by atoms with E-state index in [2.05, 4.69) is 49.4 Å². The minimum absolute atomic E-state index is 0. The van der Waals surface area contributed by atoms with Gasteiger partial charge in [0.15, 0.2) is 0 Å². The van der Waals surface area contributed by atoms with Crippen molar-refractivity contribution in [3.05, 3.63) is 72.3 Å². The molecular formula is C21H24ClN3. The van der Waals surface area contributed by atoms with E-state index in [-0.39, 0.29) is 12.4 Å². The highest BCUT2D eigenvalue weighted by Crippen LogP contribution is 2.27. The van der Waals surface area contributed by atoms with E-state index in [1.165, 1.54) is 10.9 Å². The molecule has 25 heavy (non-hydrogen) atoms. The van der Waals surface area contributed by atoms with Crippen LogP contribution in [0.4, 0.5) is 11.4 Å². The van der Waals surface area contributed by atoms with Crippen LogP contribution in [0.5, 0.6) is 0 Å². The van der Waals surface area contributed by atoms with Crippen LogP contribution in [0.2, 0.25) is 0 Å². The third-order valence-electron chi connectivity index (χ3n) is 4.47. The van der Waals surface area contributed by atoms with Gasteiger partial charge in [0, 0.05) is 25.2 Å². The molecule has 0 spiro atoms. The summed E-state index contributed by atoms with van der Waals surface area (Å²) in [5.74, 6) is 0.444. The molecule has 3 nitrogen and oxygen atoms in total. The summed E-state index contributed by atoms with van der Waals surface area (Å²) in [6, 6.07) is 22.9. The van der Waals surface area contributed by atoms with Crippen LogP contribution in [0.15, 0.2) is 66.7 Å². The van der Waals surface area contributed by atoms with Crippen LogP contribution >= 0.6 is 12.4 Å². The molecule has 0 aliphatic heterocycles. The third kappa shape index (κ3) is 3.77. The van der Waals surface area contributed by atoms with Crippen molar-refractivity contribution in [1.82, 2.24) is 0 Å². The smallest absolute Gasteiger partial charge is 0.202 e. The number of nitrogens with one attached hydrogen (secondary N) is 1. The molecule has 0 saturated heterocycles. The molecule has 0 bridgehead atoms. The first kappa shape index (κ1) is 18.8. The normalized spacial score (nSPS) is 10.2. The van der Waals surface area contributed by atoms with E-state index >= 15 is 0 Å². The number of fused-ring (bicyclic) bond motifs is 1. The standard InChI is InChI=1S/C21H23N3.ClH/c1-4-16-9-7-12-18(15-16)23(2)21(22)24(3)20-14-8-11-17-10-5-6-13-19(17)20;/h5-15,22H,4H2,1-3H3;1H. The fourth-order valence-electron chi connectivity index (χ4n) is 2.95. The van der Waals surface area contributed by atoms with E-state index < -0.39 is 0 Å². The zero-order chi connectivity index (χ0) is 17.1. The number of guanidine groups is 1. The highest BCUT2D eigenvalue weighted by molar-refractivity contribution is 6.09. The zero-order valence-corrected chi connectivity index (χ0v) is 15.7. The lowest BCUT2D eigenvalue weighted by Gasteiger charge is -2.29. The number of hydrogen-bond acceptors (Lipinski definition) is 1. The van der Waals surface area contributed by atoms with Crippen LogP contribution in [0.25, 0.3) is 10.8 Å². The number of hydrogen-bond donors (Lipinski definition) is 1. The lowest BCUT2D eigenvalue weighted by atomic mass is 10.1. The average Bonchev–Trinajstić information content (AvgIpc) is 2.65. The van der Waals surface area contributed by atoms with E-state index in [0.717, 1.165) is 23.2 Å². The molecular weight excluding hydrogens is 330 g/mol. The van der Waals surface area contributed by atoms with Gasteiger partial charge >= 0.3 is 0 Å². The van der Waals surface area contributed by atoms with Gasteiger partial charge in [-0.3, -0.25) is 5.41 Å². The van der Waals surface area contributed by atoms with Crippen molar-refractivity contribution in [1.29, 1.82) is 5.41 Å². The Kier molecular flexibility index (Phi) is 6.05. The molecule has 0 aliphatic rings. The zero-order valence-electron chi connectivity index (χ0n) is 14.9. The molecule has 3 aromatic carbocycles. The summed E-state index contributed by atoms with van der Waals surface area (Å²) in [6.07, 6.45) is 0.994. The van der Waals surface area contributed by atoms with Gasteiger partial charge in [0.25, 0.3) is 0 Å². The first-order valence-electron chi connectivity index (χ1n) is 8.24. The van der Waals surface area contributed by atoms with E-state index in [1.54, 1.807) is 0 Å². The van der Waals surface area contributed by atoms with Gasteiger partial charge in [-0.15, -0.1) is 12.4 Å². The lowest BCUT2D eigenvalue weighted by molar-refractivity contribution is 1.10. The molecule has 0 radical (unpaired) electrons. The SMILES string of the molecule is CCc1cccc(N(C)C(=N)N(C)c2cccc3ccccc23)c1.Cl. The van der Waals surface area contributed by atoms with Crippen LogP contribution in [-0.2, 0) is 6.42 Å². The number of aryl methyl sites for hydroxylation is 1. The molecule has 0 aliphatic carbocycles. The molecule has 0 saturated carbocycles. The number of nitrogens with zero attached hydrogens (tertiary/aromatic N) is 2. The van der Waals surface area contributed by atoms with Crippen molar-refractivity contribution < 1.29 is 0 Å². The van der Waals surface area contributed by atoms with Crippen LogP contribution in [-0.4, -0.2) is 20.1 Å². The Morgan fingerprint density at radius 3 is 2.32 bits per heavy atom. The van der Waals surface area contributed by atoms with Crippen molar-refractivity contribution >= 4 is 40.5 Å². The minimum Gasteiger partial charge on any atom is -0.316 e. The van der Waals surface area contributed by atoms with Crippen molar-refractivity contribution in [2.45, 2.75) is 13.3 Å². The highest BCUT2D eigenvalue weighted by atomic mass is 35.5. The minimum atomic E-state index is 0. The van der Waals surface area contributed by atoms with Gasteiger partial charge < -0.3 is 9.80 Å². The summed E-state index contributed by atoms with van der Waals surface area (Å²) in [5, 5.41) is 11.0. The molecule has 1 N–H and O–H groups in total. The first-order chi connectivity index (χ1) is 11.6. The number of anilines is 2.